The average Bonchev–Trinajstić information content (AvgIpc) is 3.12. The van der Waals surface area contributed by atoms with Gasteiger partial charge in [0.25, 0.3) is 0 Å². The third kappa shape index (κ3) is 4.51. The van der Waals surface area contributed by atoms with Gasteiger partial charge >= 0.3 is 12.1 Å². The number of hydrogen-bond donors (Lipinski definition) is 1. The summed E-state index contributed by atoms with van der Waals surface area (Å²) < 4.78 is 13.2. The van der Waals surface area contributed by atoms with Crippen LogP contribution in [-0.2, 0) is 4.74 Å². The van der Waals surface area contributed by atoms with Crippen molar-refractivity contribution in [1.82, 2.24) is 19.5 Å². The molecular formula is C26H24N6O3. The largest absolute Gasteiger partial charge is 0.447 e. The lowest BCUT2D eigenvalue weighted by Crippen LogP contribution is -2.18. The number of aromatic nitrogens is 4. The average molecular weight is 469 g/mol. The van der Waals surface area contributed by atoms with Gasteiger partial charge in [0, 0.05) is 17.1 Å². The van der Waals surface area contributed by atoms with Crippen molar-refractivity contribution in [2.45, 2.75) is 45.3 Å². The molecular weight excluding hydrogens is 444 g/mol. The molecule has 1 aliphatic carbocycles. The summed E-state index contributed by atoms with van der Waals surface area (Å²) in [5, 5.41) is 13.7. The normalized spacial score (nSPS) is 13.3. The van der Waals surface area contributed by atoms with Crippen LogP contribution in [0.5, 0.6) is 11.8 Å². The van der Waals surface area contributed by atoms with Crippen molar-refractivity contribution < 1.29 is 14.3 Å². The topological polar surface area (TPSA) is 115 Å². The second-order valence-corrected chi connectivity index (χ2v) is 8.65. The van der Waals surface area contributed by atoms with E-state index in [-0.39, 0.29) is 12.1 Å². The highest BCUT2D eigenvalue weighted by atomic mass is 16.6. The van der Waals surface area contributed by atoms with Gasteiger partial charge in [0.15, 0.2) is 0 Å². The fraction of sp³-hybridized carbons (Fsp3) is 0.269. The number of anilines is 1. The molecule has 0 aliphatic heterocycles. The SMILES string of the molecule is CC(C)OC(=O)Nc1ccc(-c2c(C#N)c3cc(Oc4ncncn4)ccc3n2C2CCC2)cc1. The van der Waals surface area contributed by atoms with Crippen molar-refractivity contribution in [1.29, 1.82) is 5.26 Å². The van der Waals surface area contributed by atoms with E-state index in [1.165, 1.54) is 12.7 Å². The Bertz CT molecular complexity index is 1400. The molecule has 0 radical (unpaired) electrons. The number of amides is 1. The molecule has 4 aromatic rings. The molecule has 9 heteroatoms. The zero-order chi connectivity index (χ0) is 24.4. The third-order valence-corrected chi connectivity index (χ3v) is 5.95. The van der Waals surface area contributed by atoms with Gasteiger partial charge in [0.2, 0.25) is 0 Å². The third-order valence-electron chi connectivity index (χ3n) is 5.95. The Morgan fingerprint density at radius 2 is 1.89 bits per heavy atom. The van der Waals surface area contributed by atoms with Crippen molar-refractivity contribution in [3.63, 3.8) is 0 Å². The van der Waals surface area contributed by atoms with E-state index in [0.29, 0.717) is 23.0 Å². The second kappa shape index (κ2) is 9.43. The van der Waals surface area contributed by atoms with Crippen molar-refractivity contribution in [3.05, 3.63) is 60.7 Å². The van der Waals surface area contributed by atoms with E-state index < -0.39 is 6.09 Å². The van der Waals surface area contributed by atoms with Gasteiger partial charge in [-0.3, -0.25) is 5.32 Å². The minimum absolute atomic E-state index is 0.190. The Morgan fingerprint density at radius 1 is 1.14 bits per heavy atom. The molecule has 0 bridgehead atoms. The molecule has 0 atom stereocenters. The van der Waals surface area contributed by atoms with E-state index in [4.69, 9.17) is 9.47 Å². The monoisotopic (exact) mass is 468 g/mol. The highest BCUT2D eigenvalue weighted by Gasteiger charge is 2.28. The quantitative estimate of drug-likeness (QED) is 0.378. The molecule has 2 aromatic heterocycles. The van der Waals surface area contributed by atoms with Gasteiger partial charge in [-0.1, -0.05) is 12.1 Å². The molecule has 1 fully saturated rings. The smallest absolute Gasteiger partial charge is 0.411 e. The molecule has 35 heavy (non-hydrogen) atoms. The standard InChI is InChI=1S/C26H24N6O3/c1-16(2)34-26(33)31-18-8-6-17(7-9-18)24-22(13-27)21-12-20(35-25-29-14-28-15-30-25)10-11-23(21)32(24)19-4-3-5-19/h6-12,14-16,19H,3-5H2,1-2H3,(H,31,33). The molecule has 2 aromatic carbocycles. The minimum atomic E-state index is -0.500. The maximum Gasteiger partial charge on any atom is 0.411 e. The number of carbonyl (C=O) groups excluding carboxylic acids is 1. The van der Waals surface area contributed by atoms with Crippen molar-refractivity contribution in [3.8, 4) is 29.1 Å². The van der Waals surface area contributed by atoms with Gasteiger partial charge in [-0.15, -0.1) is 0 Å². The first-order valence-corrected chi connectivity index (χ1v) is 11.5. The number of nitriles is 1. The van der Waals surface area contributed by atoms with E-state index in [1.54, 1.807) is 13.8 Å². The van der Waals surface area contributed by atoms with Gasteiger partial charge in [-0.25, -0.2) is 9.78 Å². The Hall–Kier alpha value is -4.45. The number of ether oxygens (including phenoxy) is 2. The molecule has 1 aliphatic rings. The van der Waals surface area contributed by atoms with Gasteiger partial charge in [-0.05, 0) is 69.0 Å². The minimum Gasteiger partial charge on any atom is -0.447 e. The van der Waals surface area contributed by atoms with E-state index >= 15 is 0 Å². The summed E-state index contributed by atoms with van der Waals surface area (Å²) in [6, 6.07) is 16.1. The highest BCUT2D eigenvalue weighted by Crippen LogP contribution is 2.43. The number of nitrogens with zero attached hydrogens (tertiary/aromatic N) is 5. The summed E-state index contributed by atoms with van der Waals surface area (Å²) in [6.45, 7) is 3.60. The predicted octanol–water partition coefficient (Wildman–Crippen LogP) is 5.84. The van der Waals surface area contributed by atoms with Crippen LogP contribution in [0.15, 0.2) is 55.1 Å². The zero-order valence-electron chi connectivity index (χ0n) is 19.4. The molecule has 1 amide bonds. The molecule has 0 saturated heterocycles. The maximum atomic E-state index is 11.9. The number of hydrogen-bond acceptors (Lipinski definition) is 7. The van der Waals surface area contributed by atoms with E-state index in [0.717, 1.165) is 41.4 Å². The first kappa shape index (κ1) is 22.3. The van der Waals surface area contributed by atoms with Crippen LogP contribution in [0, 0.1) is 11.3 Å². The molecule has 176 valence electrons. The van der Waals surface area contributed by atoms with Crippen LogP contribution in [0.1, 0.15) is 44.7 Å². The Kier molecular flexibility index (Phi) is 6.02. The predicted molar refractivity (Wildman–Crippen MR) is 130 cm³/mol. The fourth-order valence-electron chi connectivity index (χ4n) is 4.24. The second-order valence-electron chi connectivity index (χ2n) is 8.65. The molecule has 1 saturated carbocycles. The number of benzene rings is 2. The molecule has 0 spiro atoms. The summed E-state index contributed by atoms with van der Waals surface area (Å²) in [7, 11) is 0. The molecule has 9 nitrogen and oxygen atoms in total. The number of nitrogens with one attached hydrogen (secondary N) is 1. The fourth-order valence-corrected chi connectivity index (χ4v) is 4.24. The summed E-state index contributed by atoms with van der Waals surface area (Å²) in [4.78, 5) is 23.8. The van der Waals surface area contributed by atoms with Crippen LogP contribution in [0.2, 0.25) is 0 Å². The summed E-state index contributed by atoms with van der Waals surface area (Å²) >= 11 is 0. The van der Waals surface area contributed by atoms with Gasteiger partial charge in [0.05, 0.1) is 22.9 Å². The van der Waals surface area contributed by atoms with Crippen LogP contribution in [0.25, 0.3) is 22.2 Å². The first-order valence-electron chi connectivity index (χ1n) is 11.5. The van der Waals surface area contributed by atoms with Crippen LogP contribution < -0.4 is 10.1 Å². The van der Waals surface area contributed by atoms with Crippen molar-refractivity contribution >= 4 is 22.7 Å². The Morgan fingerprint density at radius 3 is 2.51 bits per heavy atom. The van der Waals surface area contributed by atoms with Crippen LogP contribution in [0.4, 0.5) is 10.5 Å². The lowest BCUT2D eigenvalue weighted by molar-refractivity contribution is 0.130. The van der Waals surface area contributed by atoms with Gasteiger partial charge in [0.1, 0.15) is 24.5 Å². The number of carbonyl (C=O) groups is 1. The number of fused-ring (bicyclic) bond motifs is 1. The van der Waals surface area contributed by atoms with E-state index in [1.807, 2.05) is 42.5 Å². The van der Waals surface area contributed by atoms with E-state index in [2.05, 4.69) is 30.9 Å². The Labute approximate surface area is 202 Å². The highest BCUT2D eigenvalue weighted by molar-refractivity contribution is 5.96. The van der Waals surface area contributed by atoms with Crippen LogP contribution in [0.3, 0.4) is 0 Å². The van der Waals surface area contributed by atoms with Gasteiger partial charge < -0.3 is 14.0 Å². The first-order chi connectivity index (χ1) is 17.0. The van der Waals surface area contributed by atoms with Crippen molar-refractivity contribution in [2.24, 2.45) is 0 Å². The van der Waals surface area contributed by atoms with Crippen LogP contribution >= 0.6 is 0 Å². The molecule has 5 rings (SSSR count). The maximum absolute atomic E-state index is 11.9. The van der Waals surface area contributed by atoms with E-state index in [9.17, 15) is 10.1 Å². The molecule has 0 unspecified atom stereocenters. The van der Waals surface area contributed by atoms with Crippen LogP contribution in [-0.4, -0.2) is 31.7 Å². The molecule has 1 N–H and O–H groups in total. The molecule has 2 heterocycles. The number of rotatable bonds is 6. The zero-order valence-corrected chi connectivity index (χ0v) is 19.4. The summed E-state index contributed by atoms with van der Waals surface area (Å²) in [6.07, 6.45) is 5.32. The van der Waals surface area contributed by atoms with Crippen molar-refractivity contribution in [2.75, 3.05) is 5.32 Å². The lowest BCUT2D eigenvalue weighted by atomic mass is 9.92. The summed E-state index contributed by atoms with van der Waals surface area (Å²) in [5.74, 6) is 0.542. The summed E-state index contributed by atoms with van der Waals surface area (Å²) in [5.41, 5.74) is 3.94. The van der Waals surface area contributed by atoms with Gasteiger partial charge in [-0.2, -0.15) is 15.2 Å². The lowest BCUT2D eigenvalue weighted by Gasteiger charge is -2.30. The Balaban J connectivity index is 1.55.